The van der Waals surface area contributed by atoms with Gasteiger partial charge in [0.25, 0.3) is 0 Å². The molecule has 3 aliphatic rings. The van der Waals surface area contributed by atoms with E-state index in [0.29, 0.717) is 0 Å². The van der Waals surface area contributed by atoms with Gasteiger partial charge in [-0.05, 0) is 41.7 Å². The van der Waals surface area contributed by atoms with Gasteiger partial charge >= 0.3 is 0 Å². The maximum Gasteiger partial charge on any atom is 0.235 e. The van der Waals surface area contributed by atoms with Crippen molar-refractivity contribution in [1.82, 2.24) is 4.90 Å². The van der Waals surface area contributed by atoms with Crippen molar-refractivity contribution in [2.24, 2.45) is 40.2 Å². The van der Waals surface area contributed by atoms with Gasteiger partial charge in [0.2, 0.25) is 5.91 Å². The molecule has 0 aromatic heterocycles. The molecule has 0 spiro atoms. The van der Waals surface area contributed by atoms with Crippen LogP contribution in [0.4, 0.5) is 0 Å². The Bertz CT molecular complexity index is 1330. The normalized spacial score (nSPS) is 39.8. The number of phenols is 1. The van der Waals surface area contributed by atoms with E-state index in [1.54, 1.807) is 0 Å². The van der Waals surface area contributed by atoms with Crippen LogP contribution in [0.25, 0.3) is 0 Å². The number of aliphatic hydroxyl groups is 1. The number of phenolic OH excluding ortho intramolecular Hbond substituents is 1. The second kappa shape index (κ2) is 7.72. The first-order valence-electron chi connectivity index (χ1n) is 10.6. The molecule has 2 unspecified atom stereocenters. The van der Waals surface area contributed by atoms with E-state index in [2.05, 4.69) is 15.9 Å². The summed E-state index contributed by atoms with van der Waals surface area (Å²) in [6, 6.07) is 0.939. The Labute approximate surface area is 212 Å². The summed E-state index contributed by atoms with van der Waals surface area (Å²) < 4.78 is 0.0825. The molecule has 10 N–H and O–H groups in total. The maximum atomic E-state index is 14.2. The number of likely N-dealkylation sites (N-methyl/N-ethyl adjacent to an activating group) is 1. The van der Waals surface area contributed by atoms with Crippen molar-refractivity contribution in [3.63, 3.8) is 0 Å². The number of primary amides is 1. The minimum atomic E-state index is -3.09. The fourth-order valence-corrected chi connectivity index (χ4v) is 6.56. The summed E-state index contributed by atoms with van der Waals surface area (Å²) in [6.07, 6.45) is -2.28. The molecule has 0 heterocycles. The minimum Gasteiger partial charge on any atom is -0.506 e. The predicted molar refractivity (Wildman–Crippen MR) is 124 cm³/mol. The van der Waals surface area contributed by atoms with Gasteiger partial charge in [-0.2, -0.15) is 5.26 Å². The van der Waals surface area contributed by atoms with Crippen LogP contribution in [0.3, 0.4) is 0 Å². The van der Waals surface area contributed by atoms with Crippen LogP contribution in [0.15, 0.2) is 16.6 Å². The van der Waals surface area contributed by atoms with Crippen molar-refractivity contribution in [2.75, 3.05) is 14.1 Å². The number of hydrogen-bond donors (Lipinski definition) is 6. The van der Waals surface area contributed by atoms with Gasteiger partial charge in [-0.15, -0.1) is 0 Å². The van der Waals surface area contributed by atoms with E-state index in [0.717, 1.165) is 4.90 Å². The highest BCUT2D eigenvalue weighted by Crippen LogP contribution is 2.58. The lowest BCUT2D eigenvalue weighted by atomic mass is 9.41. The van der Waals surface area contributed by atoms with Crippen LogP contribution in [0, 0.1) is 28.6 Å². The Kier molecular flexibility index (Phi) is 5.58. The molecule has 1 aromatic rings. The zero-order chi connectivity index (χ0) is 27.3. The third-order valence-electron chi connectivity index (χ3n) is 7.86. The molecular formula is C22H23BrN6O7. The molecule has 0 aliphatic heterocycles. The first-order chi connectivity index (χ1) is 16.6. The summed E-state index contributed by atoms with van der Waals surface area (Å²) in [7, 11) is 2.63. The van der Waals surface area contributed by atoms with Gasteiger partial charge < -0.3 is 33.1 Å². The average molecular weight is 563 g/mol. The Morgan fingerprint density at radius 1 is 1.17 bits per heavy atom. The maximum absolute atomic E-state index is 14.2. The van der Waals surface area contributed by atoms with Crippen LogP contribution in [-0.2, 0) is 19.2 Å². The lowest BCUT2D eigenvalue weighted by Crippen LogP contribution is -2.92. The molecule has 0 saturated heterocycles. The largest absolute Gasteiger partial charge is 0.506 e. The number of aromatic hydroxyl groups is 1. The summed E-state index contributed by atoms with van der Waals surface area (Å²) in [6.45, 7) is 0. The number of carbonyl (C=O) groups is 5. The average Bonchev–Trinajstić information content (AvgIpc) is 2.78. The van der Waals surface area contributed by atoms with Crippen LogP contribution in [-0.4, -0.2) is 81.5 Å². The van der Waals surface area contributed by atoms with Crippen molar-refractivity contribution in [2.45, 2.75) is 29.3 Å². The van der Waals surface area contributed by atoms with E-state index in [-0.39, 0.29) is 10.0 Å². The number of hydrogen-bond acceptors (Lipinski definition) is 12. The zero-order valence-electron chi connectivity index (χ0n) is 19.1. The van der Waals surface area contributed by atoms with Crippen molar-refractivity contribution in [1.29, 1.82) is 5.26 Å². The molecule has 2 saturated carbocycles. The van der Waals surface area contributed by atoms with Gasteiger partial charge in [-0.3, -0.25) is 28.9 Å². The van der Waals surface area contributed by atoms with E-state index in [9.17, 15) is 39.4 Å². The minimum absolute atomic E-state index is 0.0239. The quantitative estimate of drug-likeness (QED) is 0.197. The lowest BCUT2D eigenvalue weighted by Gasteiger charge is -2.64. The fourth-order valence-electron chi connectivity index (χ4n) is 6.23. The number of carbonyl (C=O) groups excluding carboxylic acids is 5. The molecule has 13 nitrogen and oxygen atoms in total. The van der Waals surface area contributed by atoms with Crippen LogP contribution in [0.1, 0.15) is 22.0 Å². The first kappa shape index (κ1) is 26.0. The highest BCUT2D eigenvalue weighted by molar-refractivity contribution is 9.10. The molecule has 1 aromatic carbocycles. The number of ketones is 4. The summed E-state index contributed by atoms with van der Waals surface area (Å²) >= 11 is 3.07. The van der Waals surface area contributed by atoms with Gasteiger partial charge in [0.1, 0.15) is 11.7 Å². The third kappa shape index (κ3) is 2.57. The number of Topliss-reactive ketones (excluding diaryl/α,β-unsaturated/α-hetero) is 4. The Morgan fingerprint density at radius 3 is 2.25 bits per heavy atom. The lowest BCUT2D eigenvalue weighted by molar-refractivity contribution is -0.181. The molecule has 190 valence electrons. The van der Waals surface area contributed by atoms with Crippen molar-refractivity contribution < 1.29 is 34.2 Å². The van der Waals surface area contributed by atoms with Gasteiger partial charge in [0.05, 0.1) is 45.4 Å². The number of amides is 1. The Balaban J connectivity index is 2.13. The van der Waals surface area contributed by atoms with Gasteiger partial charge in [-0.25, -0.2) is 0 Å². The Morgan fingerprint density at radius 2 is 1.75 bits per heavy atom. The van der Waals surface area contributed by atoms with Gasteiger partial charge in [0, 0.05) is 0 Å². The number of rotatable bonds is 2. The number of nitriles is 1. The number of aliphatic hydroxyl groups excluding tert-OH is 1. The molecule has 1 amide bonds. The fraction of sp³-hybridized carbons (Fsp3) is 0.455. The molecule has 8 atom stereocenters. The van der Waals surface area contributed by atoms with E-state index in [4.69, 9.17) is 22.9 Å². The second-order valence-electron chi connectivity index (χ2n) is 9.66. The number of halogens is 1. The summed E-state index contributed by atoms with van der Waals surface area (Å²) in [5.41, 5.74) is 16.2. The van der Waals surface area contributed by atoms with Crippen LogP contribution in [0.5, 0.6) is 5.75 Å². The molecule has 14 heteroatoms. The van der Waals surface area contributed by atoms with Crippen LogP contribution >= 0.6 is 15.9 Å². The van der Waals surface area contributed by atoms with Crippen molar-refractivity contribution in [3.05, 3.63) is 27.7 Å². The van der Waals surface area contributed by atoms with E-state index in [1.165, 1.54) is 32.3 Å². The summed E-state index contributed by atoms with van der Waals surface area (Å²) in [4.78, 5) is 68.1. The van der Waals surface area contributed by atoms with Crippen LogP contribution < -0.4 is 22.9 Å². The SMILES string of the molecule is CN(C)[C@@H]1C(=O)C(C(N)=O)C(=O)[C@@]2(C#N)C(=O)C3C(=O)c4c(ccc(Br)c4O)[C@H](N)[C@@]3(N)[C@H](O)[C@@]12N. The summed E-state index contributed by atoms with van der Waals surface area (Å²) in [5, 5.41) is 32.6. The molecule has 0 bridgehead atoms. The summed E-state index contributed by atoms with van der Waals surface area (Å²) in [5.74, 6) is -11.6. The number of nitrogens with zero attached hydrogens (tertiary/aromatic N) is 2. The molecule has 3 aliphatic carbocycles. The molecular weight excluding hydrogens is 540 g/mol. The van der Waals surface area contributed by atoms with Gasteiger partial charge in [-0.1, -0.05) is 6.07 Å². The number of nitrogens with two attached hydrogens (primary N) is 4. The van der Waals surface area contributed by atoms with Crippen LogP contribution in [0.2, 0.25) is 0 Å². The molecule has 36 heavy (non-hydrogen) atoms. The molecule has 0 radical (unpaired) electrons. The second-order valence-corrected chi connectivity index (χ2v) is 10.5. The van der Waals surface area contributed by atoms with E-state index < -0.39 is 86.9 Å². The number of fused-ring (bicyclic) bond motifs is 3. The molecule has 2 fully saturated rings. The van der Waals surface area contributed by atoms with Crippen molar-refractivity contribution in [3.8, 4) is 11.8 Å². The molecule has 4 rings (SSSR count). The standard InChI is InChI=1S/C22H23BrN6O7/c1-29(2)15-13(32)9(18(26)35)16(33)20(5-24)17(34)10-12(31)8-6(3-4-7(23)11(8)30)14(25)21(10,27)19(36)22(15,20)28/h3-4,9-10,14-15,19,30,36H,25,27-28H2,1-2H3,(H2,26,35)/t9?,10?,14-,15+,19-,20-,21+,22-/m0/s1. The predicted octanol–water partition coefficient (Wildman–Crippen LogP) is -3.00. The number of benzene rings is 1. The Hall–Kier alpha value is -3.06. The van der Waals surface area contributed by atoms with Crippen molar-refractivity contribution >= 4 is 45.0 Å². The van der Waals surface area contributed by atoms with E-state index in [1.807, 2.05) is 0 Å². The highest BCUT2D eigenvalue weighted by Gasteiger charge is 2.83. The highest BCUT2D eigenvalue weighted by atomic mass is 79.9. The monoisotopic (exact) mass is 562 g/mol. The third-order valence-corrected chi connectivity index (χ3v) is 8.50. The smallest absolute Gasteiger partial charge is 0.235 e. The van der Waals surface area contributed by atoms with E-state index >= 15 is 0 Å². The first-order valence-corrected chi connectivity index (χ1v) is 11.4. The van der Waals surface area contributed by atoms with Gasteiger partial charge in [0.15, 0.2) is 34.5 Å². The zero-order valence-corrected chi connectivity index (χ0v) is 20.6. The topological polar surface area (TPSA) is 257 Å².